The summed E-state index contributed by atoms with van der Waals surface area (Å²) in [4.78, 5) is 15.3. The van der Waals surface area contributed by atoms with Crippen LogP contribution < -0.4 is 19.8 Å². The van der Waals surface area contributed by atoms with Gasteiger partial charge in [0.15, 0.2) is 0 Å². The number of pyridine rings is 1. The predicted molar refractivity (Wildman–Crippen MR) is 116 cm³/mol. The van der Waals surface area contributed by atoms with Crippen LogP contribution >= 0.6 is 11.3 Å². The lowest BCUT2D eigenvalue weighted by Gasteiger charge is -2.15. The Balaban J connectivity index is 2.00. The van der Waals surface area contributed by atoms with E-state index in [0.29, 0.717) is 27.3 Å². The van der Waals surface area contributed by atoms with Gasteiger partial charge < -0.3 is 14.5 Å². The lowest BCUT2D eigenvalue weighted by atomic mass is 9.96. The lowest BCUT2D eigenvalue weighted by Crippen LogP contribution is -2.11. The molecule has 0 aliphatic heterocycles. The number of hydrogen-bond acceptors (Lipinski definition) is 6. The minimum Gasteiger partial charge on any atom is -0.496 e. The van der Waals surface area contributed by atoms with E-state index in [-0.39, 0.29) is 12.1 Å². The van der Waals surface area contributed by atoms with E-state index >= 15 is 0 Å². The molecule has 0 aliphatic carbocycles. The van der Waals surface area contributed by atoms with Crippen molar-refractivity contribution in [1.29, 1.82) is 0 Å². The van der Waals surface area contributed by atoms with Gasteiger partial charge >= 0.3 is 0 Å². The van der Waals surface area contributed by atoms with Crippen LogP contribution in [0.15, 0.2) is 46.6 Å². The molecule has 0 spiro atoms. The summed E-state index contributed by atoms with van der Waals surface area (Å²) in [7, 11) is 0.435. The maximum Gasteiger partial charge on any atom is 0.266 e. The zero-order chi connectivity index (χ0) is 20.5. The van der Waals surface area contributed by atoms with Gasteiger partial charge in [-0.3, -0.25) is 4.79 Å². The van der Waals surface area contributed by atoms with Gasteiger partial charge in [-0.25, -0.2) is 13.1 Å². The van der Waals surface area contributed by atoms with E-state index in [1.54, 1.807) is 7.11 Å². The molecule has 0 fully saturated rings. The van der Waals surface area contributed by atoms with E-state index in [9.17, 15) is 13.2 Å². The number of rotatable bonds is 6. The fourth-order valence-corrected chi connectivity index (χ4v) is 4.58. The largest absolute Gasteiger partial charge is 0.496 e. The third-order valence-electron chi connectivity index (χ3n) is 4.75. The smallest absolute Gasteiger partial charge is 0.266 e. The Morgan fingerprint density at radius 3 is 2.59 bits per heavy atom. The lowest BCUT2D eigenvalue weighted by molar-refractivity contribution is 0.409. The molecule has 2 aromatic heterocycles. The van der Waals surface area contributed by atoms with Crippen molar-refractivity contribution in [2.75, 3.05) is 14.2 Å². The number of thiophene rings is 1. The molecule has 0 radical (unpaired) electrons. The van der Waals surface area contributed by atoms with Crippen LogP contribution in [0.2, 0.25) is 0 Å². The normalized spacial score (nSPS) is 11.4. The van der Waals surface area contributed by atoms with Crippen LogP contribution in [0.1, 0.15) is 5.56 Å². The molecule has 4 aromatic rings. The van der Waals surface area contributed by atoms with Gasteiger partial charge in [0.05, 0.1) is 14.2 Å². The minimum absolute atomic E-state index is 0.121. The van der Waals surface area contributed by atoms with Gasteiger partial charge in [0.1, 0.15) is 16.2 Å². The van der Waals surface area contributed by atoms with E-state index < -0.39 is 10.9 Å². The van der Waals surface area contributed by atoms with Crippen LogP contribution in [0.3, 0.4) is 0 Å². The molecular weight excluding hydrogens is 412 g/mol. The molecule has 0 atom stereocenters. The summed E-state index contributed by atoms with van der Waals surface area (Å²) < 4.78 is 35.9. The second kappa shape index (κ2) is 7.86. The number of fused-ring (bicyclic) bond motifs is 3. The Hall–Kier alpha value is -2.88. The number of methoxy groups -OCH3 is 2. The van der Waals surface area contributed by atoms with Crippen molar-refractivity contribution >= 4 is 43.2 Å². The first-order valence-electron chi connectivity index (χ1n) is 8.69. The molecule has 0 bridgehead atoms. The number of hydrogen-bond donors (Lipinski definition) is 3. The van der Waals surface area contributed by atoms with Crippen LogP contribution in [0.4, 0.5) is 0 Å². The quantitative estimate of drug-likeness (QED) is 0.409. The summed E-state index contributed by atoms with van der Waals surface area (Å²) in [6.45, 7) is 0.136. The third-order valence-corrected chi connectivity index (χ3v) is 6.08. The van der Waals surface area contributed by atoms with Crippen molar-refractivity contribution in [2.24, 2.45) is 0 Å². The van der Waals surface area contributed by atoms with E-state index in [1.165, 1.54) is 18.4 Å². The van der Waals surface area contributed by atoms with Crippen molar-refractivity contribution in [1.82, 2.24) is 9.71 Å². The topological polar surface area (TPSA) is 97.5 Å². The van der Waals surface area contributed by atoms with E-state index in [1.807, 2.05) is 41.8 Å². The third kappa shape index (κ3) is 3.48. The summed E-state index contributed by atoms with van der Waals surface area (Å²) in [6.07, 6.45) is 0. The second-order valence-corrected chi connectivity index (χ2v) is 8.05. The number of H-pyrrole nitrogens is 1. The van der Waals surface area contributed by atoms with Gasteiger partial charge in [0.2, 0.25) is 10.9 Å². The van der Waals surface area contributed by atoms with Gasteiger partial charge in [-0.15, -0.1) is 11.3 Å². The number of benzene rings is 2. The second-order valence-electron chi connectivity index (χ2n) is 6.30. The first-order valence-corrected chi connectivity index (χ1v) is 10.7. The Kier molecular flexibility index (Phi) is 5.27. The molecule has 0 amide bonds. The Morgan fingerprint density at radius 1 is 1.07 bits per heavy atom. The molecule has 0 unspecified atom stereocenters. The molecule has 0 saturated carbocycles. The van der Waals surface area contributed by atoms with Gasteiger partial charge in [-0.1, -0.05) is 12.1 Å². The molecule has 0 aliphatic rings. The SMILES string of the molecule is COc1cc(-c2c(OC)ccc3[nH]c(=O)c4sccc4c23)ccc1CN[SH](=O)=O. The molecule has 7 nitrogen and oxygen atoms in total. The number of ether oxygens (including phenoxy) is 2. The van der Waals surface area contributed by atoms with Gasteiger partial charge in [0, 0.05) is 34.0 Å². The fraction of sp³-hybridized carbons (Fsp3) is 0.150. The van der Waals surface area contributed by atoms with Gasteiger partial charge in [0.25, 0.3) is 5.56 Å². The zero-order valence-electron chi connectivity index (χ0n) is 15.6. The van der Waals surface area contributed by atoms with Crippen molar-refractivity contribution < 1.29 is 17.9 Å². The van der Waals surface area contributed by atoms with E-state index in [2.05, 4.69) is 9.71 Å². The molecule has 2 N–H and O–H groups in total. The van der Waals surface area contributed by atoms with E-state index in [0.717, 1.165) is 21.9 Å². The highest BCUT2D eigenvalue weighted by Crippen LogP contribution is 2.41. The molecule has 9 heteroatoms. The van der Waals surface area contributed by atoms with Crippen LogP contribution in [0.25, 0.3) is 32.1 Å². The molecular formula is C20H18N2O5S2. The highest BCUT2D eigenvalue weighted by molar-refractivity contribution is 7.70. The molecule has 0 saturated heterocycles. The van der Waals surface area contributed by atoms with Crippen LogP contribution in [0.5, 0.6) is 11.5 Å². The summed E-state index contributed by atoms with van der Waals surface area (Å²) in [5.41, 5.74) is 2.97. The first-order chi connectivity index (χ1) is 14.0. The number of thiol groups is 1. The van der Waals surface area contributed by atoms with Crippen LogP contribution in [0, 0.1) is 0 Å². The fourth-order valence-electron chi connectivity index (χ4n) is 3.48. The van der Waals surface area contributed by atoms with E-state index in [4.69, 9.17) is 9.47 Å². The summed E-state index contributed by atoms with van der Waals surface area (Å²) in [6, 6.07) is 11.1. The van der Waals surface area contributed by atoms with Crippen LogP contribution in [-0.4, -0.2) is 27.6 Å². The Morgan fingerprint density at radius 2 is 1.86 bits per heavy atom. The Bertz CT molecular complexity index is 1350. The van der Waals surface area contributed by atoms with Crippen LogP contribution in [-0.2, 0) is 17.4 Å². The highest BCUT2D eigenvalue weighted by Gasteiger charge is 2.17. The van der Waals surface area contributed by atoms with Crippen molar-refractivity contribution in [3.05, 3.63) is 57.7 Å². The minimum atomic E-state index is -2.70. The van der Waals surface area contributed by atoms with Gasteiger partial charge in [-0.05, 0) is 35.2 Å². The van der Waals surface area contributed by atoms with Crippen molar-refractivity contribution in [3.63, 3.8) is 0 Å². The average molecular weight is 431 g/mol. The maximum absolute atomic E-state index is 12.4. The molecule has 150 valence electrons. The van der Waals surface area contributed by atoms with Crippen molar-refractivity contribution in [2.45, 2.75) is 6.54 Å². The monoisotopic (exact) mass is 430 g/mol. The summed E-state index contributed by atoms with van der Waals surface area (Å²) in [5, 5.41) is 3.63. The number of aromatic amines is 1. The molecule has 29 heavy (non-hydrogen) atoms. The average Bonchev–Trinajstić information content (AvgIpc) is 3.22. The van der Waals surface area contributed by atoms with Crippen molar-refractivity contribution in [3.8, 4) is 22.6 Å². The number of aromatic nitrogens is 1. The Labute approximate surface area is 172 Å². The first kappa shape index (κ1) is 19.4. The molecule has 4 rings (SSSR count). The zero-order valence-corrected chi connectivity index (χ0v) is 17.4. The number of nitrogens with one attached hydrogen (secondary N) is 2. The predicted octanol–water partition coefficient (Wildman–Crippen LogP) is 3.04. The molecule has 2 aromatic carbocycles. The standard InChI is InChI=1S/C20H18N2O5S2/c1-26-15-6-5-14-18(13-7-8-28-19(13)20(23)22-14)17(15)11-3-4-12(10-21-29(24)25)16(9-11)27-2/h3-9,29H,10H2,1-2H3,(H,22,23)(H,21,24,25). The van der Waals surface area contributed by atoms with Gasteiger partial charge in [-0.2, -0.15) is 0 Å². The summed E-state index contributed by atoms with van der Waals surface area (Å²) in [5.74, 6) is 1.21. The molecule has 2 heterocycles. The highest BCUT2D eigenvalue weighted by atomic mass is 32.2. The summed E-state index contributed by atoms with van der Waals surface area (Å²) >= 11 is 1.39. The maximum atomic E-state index is 12.4.